The molecule has 0 saturated carbocycles. The van der Waals surface area contributed by atoms with Crippen LogP contribution >= 0.6 is 39.1 Å². The number of aliphatic carboxylic acids is 1. The summed E-state index contributed by atoms with van der Waals surface area (Å²) < 4.78 is 0.765. The molecule has 0 aliphatic heterocycles. The molecule has 2 N–H and O–H groups in total. The summed E-state index contributed by atoms with van der Waals surface area (Å²) in [6, 6.07) is 12.4. The Morgan fingerprint density at radius 2 is 1.76 bits per heavy atom. The van der Waals surface area contributed by atoms with E-state index in [2.05, 4.69) is 21.2 Å². The van der Waals surface area contributed by atoms with Gasteiger partial charge in [-0.25, -0.2) is 0 Å². The lowest BCUT2D eigenvalue weighted by atomic mass is 9.99. The molecule has 3 nitrogen and oxygen atoms in total. The van der Waals surface area contributed by atoms with E-state index in [1.54, 1.807) is 24.3 Å². The maximum absolute atomic E-state index is 11.4. The molecule has 0 saturated heterocycles. The Hall–Kier alpha value is -1.23. The van der Waals surface area contributed by atoms with Gasteiger partial charge in [0.05, 0.1) is 21.7 Å². The van der Waals surface area contributed by atoms with Crippen LogP contribution in [-0.2, 0) is 4.79 Å². The van der Waals surface area contributed by atoms with Crippen molar-refractivity contribution in [2.75, 3.05) is 11.9 Å². The van der Waals surface area contributed by atoms with Crippen molar-refractivity contribution in [3.05, 3.63) is 62.5 Å². The van der Waals surface area contributed by atoms with Crippen LogP contribution in [0.3, 0.4) is 0 Å². The minimum absolute atomic E-state index is 0.195. The third kappa shape index (κ3) is 4.13. The molecule has 0 fully saturated rings. The molecule has 1 unspecified atom stereocenters. The molecule has 0 aromatic heterocycles. The fourth-order valence-corrected chi connectivity index (χ4v) is 3.29. The molecule has 21 heavy (non-hydrogen) atoms. The number of rotatable bonds is 5. The molecule has 2 aromatic carbocycles. The van der Waals surface area contributed by atoms with Crippen molar-refractivity contribution in [2.24, 2.45) is 0 Å². The second-order valence-electron chi connectivity index (χ2n) is 4.43. The van der Waals surface area contributed by atoms with E-state index in [0.29, 0.717) is 15.7 Å². The van der Waals surface area contributed by atoms with Crippen molar-refractivity contribution >= 4 is 50.8 Å². The van der Waals surface area contributed by atoms with Crippen LogP contribution in [0.25, 0.3) is 0 Å². The highest BCUT2D eigenvalue weighted by Gasteiger charge is 2.20. The number of halogens is 3. The van der Waals surface area contributed by atoms with Crippen LogP contribution in [0, 0.1) is 0 Å². The lowest BCUT2D eigenvalue weighted by molar-refractivity contribution is -0.138. The Morgan fingerprint density at radius 1 is 1.19 bits per heavy atom. The van der Waals surface area contributed by atoms with Crippen LogP contribution in [0.5, 0.6) is 0 Å². The van der Waals surface area contributed by atoms with E-state index in [1.165, 1.54) is 0 Å². The zero-order valence-electron chi connectivity index (χ0n) is 10.8. The number of hydrogen-bond donors (Lipinski definition) is 2. The highest BCUT2D eigenvalue weighted by molar-refractivity contribution is 9.10. The summed E-state index contributed by atoms with van der Waals surface area (Å²) >= 11 is 15.5. The fourth-order valence-electron chi connectivity index (χ4n) is 1.95. The predicted molar refractivity (Wildman–Crippen MR) is 89.5 cm³/mol. The number of carbonyl (C=O) groups is 1. The zero-order valence-corrected chi connectivity index (χ0v) is 13.9. The van der Waals surface area contributed by atoms with Crippen molar-refractivity contribution in [1.82, 2.24) is 0 Å². The molecule has 1 atom stereocenters. The molecule has 110 valence electrons. The SMILES string of the molecule is O=C(O)C(CNc1c(Cl)cc(Br)cc1Cl)c1ccccc1. The van der Waals surface area contributed by atoms with Crippen LogP contribution in [-0.4, -0.2) is 17.6 Å². The van der Waals surface area contributed by atoms with Gasteiger partial charge in [-0.2, -0.15) is 0 Å². The van der Waals surface area contributed by atoms with Gasteiger partial charge in [-0.3, -0.25) is 4.79 Å². The first-order chi connectivity index (χ1) is 9.99. The van der Waals surface area contributed by atoms with E-state index >= 15 is 0 Å². The number of anilines is 1. The Balaban J connectivity index is 2.19. The van der Waals surface area contributed by atoms with Gasteiger partial charge < -0.3 is 10.4 Å². The van der Waals surface area contributed by atoms with Crippen molar-refractivity contribution in [1.29, 1.82) is 0 Å². The second-order valence-corrected chi connectivity index (χ2v) is 6.16. The Labute approximate surface area is 141 Å². The van der Waals surface area contributed by atoms with Gasteiger partial charge >= 0.3 is 5.97 Å². The topological polar surface area (TPSA) is 49.3 Å². The summed E-state index contributed by atoms with van der Waals surface area (Å²) in [5.41, 5.74) is 1.26. The van der Waals surface area contributed by atoms with E-state index in [-0.39, 0.29) is 6.54 Å². The average molecular weight is 389 g/mol. The highest BCUT2D eigenvalue weighted by Crippen LogP contribution is 2.34. The summed E-state index contributed by atoms with van der Waals surface area (Å²) in [5.74, 6) is -1.58. The van der Waals surface area contributed by atoms with Gasteiger partial charge in [0.2, 0.25) is 0 Å². The highest BCUT2D eigenvalue weighted by atomic mass is 79.9. The molecule has 0 spiro atoms. The molecule has 0 heterocycles. The van der Waals surface area contributed by atoms with Gasteiger partial charge in [-0.15, -0.1) is 0 Å². The van der Waals surface area contributed by atoms with E-state index < -0.39 is 11.9 Å². The molecule has 6 heteroatoms. The quantitative estimate of drug-likeness (QED) is 0.754. The predicted octanol–water partition coefficient (Wildman–Crippen LogP) is 5.04. The Bertz CT molecular complexity index is 626. The van der Waals surface area contributed by atoms with Gasteiger partial charge in [0.15, 0.2) is 0 Å². The number of benzene rings is 2. The largest absolute Gasteiger partial charge is 0.481 e. The summed E-state index contributed by atoms with van der Waals surface area (Å²) in [5, 5.41) is 13.3. The minimum atomic E-state index is -0.905. The van der Waals surface area contributed by atoms with Crippen molar-refractivity contribution < 1.29 is 9.90 Å². The van der Waals surface area contributed by atoms with Crippen molar-refractivity contribution in [3.63, 3.8) is 0 Å². The summed E-state index contributed by atoms with van der Waals surface area (Å²) in [4.78, 5) is 11.4. The van der Waals surface area contributed by atoms with Crippen LogP contribution < -0.4 is 5.32 Å². The van der Waals surface area contributed by atoms with Crippen LogP contribution in [0.1, 0.15) is 11.5 Å². The van der Waals surface area contributed by atoms with E-state index in [4.69, 9.17) is 23.2 Å². The lowest BCUT2D eigenvalue weighted by Crippen LogP contribution is -2.21. The van der Waals surface area contributed by atoms with Crippen molar-refractivity contribution in [3.8, 4) is 0 Å². The molecule has 0 amide bonds. The molecular weight excluding hydrogens is 377 g/mol. The van der Waals surface area contributed by atoms with Crippen LogP contribution in [0.4, 0.5) is 5.69 Å². The standard InChI is InChI=1S/C15H12BrCl2NO2/c16-10-6-12(17)14(13(18)7-10)19-8-11(15(20)21)9-4-2-1-3-5-9/h1-7,11,19H,8H2,(H,20,21). The van der Waals surface area contributed by atoms with E-state index in [1.807, 2.05) is 18.2 Å². The lowest BCUT2D eigenvalue weighted by Gasteiger charge is -2.16. The molecule has 0 radical (unpaired) electrons. The monoisotopic (exact) mass is 387 g/mol. The molecule has 0 aliphatic rings. The van der Waals surface area contributed by atoms with Gasteiger partial charge in [0, 0.05) is 11.0 Å². The normalized spacial score (nSPS) is 12.0. The summed E-state index contributed by atoms with van der Waals surface area (Å²) in [6.07, 6.45) is 0. The number of carboxylic acid groups (broad SMARTS) is 1. The molecular formula is C15H12BrCl2NO2. The third-order valence-electron chi connectivity index (χ3n) is 2.99. The maximum atomic E-state index is 11.4. The van der Waals surface area contributed by atoms with Crippen LogP contribution in [0.15, 0.2) is 46.9 Å². The van der Waals surface area contributed by atoms with Crippen LogP contribution in [0.2, 0.25) is 10.0 Å². The molecule has 2 rings (SSSR count). The second kappa shape index (κ2) is 7.16. The van der Waals surface area contributed by atoms with E-state index in [0.717, 1.165) is 10.0 Å². The van der Waals surface area contributed by atoms with Gasteiger partial charge in [-0.05, 0) is 17.7 Å². The minimum Gasteiger partial charge on any atom is -0.481 e. The summed E-state index contributed by atoms with van der Waals surface area (Å²) in [7, 11) is 0. The van der Waals surface area contributed by atoms with Crippen molar-refractivity contribution in [2.45, 2.75) is 5.92 Å². The molecule has 0 bridgehead atoms. The van der Waals surface area contributed by atoms with Gasteiger partial charge in [-0.1, -0.05) is 69.5 Å². The van der Waals surface area contributed by atoms with Gasteiger partial charge in [0.1, 0.15) is 0 Å². The Morgan fingerprint density at radius 3 is 2.29 bits per heavy atom. The first kappa shape index (κ1) is 16.1. The average Bonchev–Trinajstić information content (AvgIpc) is 2.42. The number of carboxylic acids is 1. The smallest absolute Gasteiger partial charge is 0.312 e. The molecule has 2 aromatic rings. The first-order valence-corrected chi connectivity index (χ1v) is 7.70. The fraction of sp³-hybridized carbons (Fsp3) is 0.133. The third-order valence-corrected chi connectivity index (χ3v) is 4.04. The Kier molecular flexibility index (Phi) is 5.51. The van der Waals surface area contributed by atoms with Gasteiger partial charge in [0.25, 0.3) is 0 Å². The molecule has 0 aliphatic carbocycles. The zero-order chi connectivity index (χ0) is 15.4. The summed E-state index contributed by atoms with van der Waals surface area (Å²) in [6.45, 7) is 0.195. The van der Waals surface area contributed by atoms with E-state index in [9.17, 15) is 9.90 Å². The number of nitrogens with one attached hydrogen (secondary N) is 1. The first-order valence-electron chi connectivity index (χ1n) is 6.15. The number of hydrogen-bond acceptors (Lipinski definition) is 2. The maximum Gasteiger partial charge on any atom is 0.312 e.